The molecule has 2 rings (SSSR count). The van der Waals surface area contributed by atoms with Crippen LogP contribution < -0.4 is 5.73 Å². The van der Waals surface area contributed by atoms with Crippen LogP contribution in [0.15, 0.2) is 24.3 Å². The van der Waals surface area contributed by atoms with Gasteiger partial charge in [0.15, 0.2) is 0 Å². The molecule has 0 saturated carbocycles. The molecule has 2 unspecified atom stereocenters. The second-order valence-corrected chi connectivity index (χ2v) is 3.99. The lowest BCUT2D eigenvalue weighted by Crippen LogP contribution is -2.31. The van der Waals surface area contributed by atoms with Crippen molar-refractivity contribution in [3.8, 4) is 0 Å². The average molecular weight is 209 g/mol. The lowest BCUT2D eigenvalue weighted by atomic mass is 9.83. The lowest BCUT2D eigenvalue weighted by Gasteiger charge is -2.31. The minimum atomic E-state index is -0.147. The van der Waals surface area contributed by atoms with E-state index in [1.54, 1.807) is 6.07 Å². The van der Waals surface area contributed by atoms with E-state index in [9.17, 15) is 4.39 Å². The Hall–Kier alpha value is -0.930. The molecule has 2 N–H and O–H groups in total. The van der Waals surface area contributed by atoms with Gasteiger partial charge in [0.2, 0.25) is 0 Å². The Labute approximate surface area is 89.2 Å². The number of hydrogen-bond acceptors (Lipinski definition) is 2. The van der Waals surface area contributed by atoms with Crippen molar-refractivity contribution in [2.45, 2.75) is 12.3 Å². The number of benzene rings is 1. The van der Waals surface area contributed by atoms with Crippen molar-refractivity contribution in [1.82, 2.24) is 0 Å². The molecule has 1 fully saturated rings. The van der Waals surface area contributed by atoms with Gasteiger partial charge in [-0.2, -0.15) is 0 Å². The zero-order valence-electron chi connectivity index (χ0n) is 8.66. The smallest absolute Gasteiger partial charge is 0.126 e. The second kappa shape index (κ2) is 4.73. The summed E-state index contributed by atoms with van der Waals surface area (Å²) in [6, 6.07) is 6.90. The van der Waals surface area contributed by atoms with Gasteiger partial charge < -0.3 is 10.5 Å². The van der Waals surface area contributed by atoms with Gasteiger partial charge in [0.1, 0.15) is 5.82 Å². The van der Waals surface area contributed by atoms with E-state index in [4.69, 9.17) is 10.5 Å². The molecule has 2 atom stereocenters. The molecule has 0 radical (unpaired) electrons. The molecule has 1 aliphatic rings. The van der Waals surface area contributed by atoms with Gasteiger partial charge in [-0.25, -0.2) is 4.39 Å². The van der Waals surface area contributed by atoms with E-state index in [0.717, 1.165) is 18.6 Å². The standard InChI is InChI=1S/C12H16FNO/c13-12-4-2-1-3-10(12)11-8-15-6-5-9(11)7-14/h1-4,9,11H,5-8,14H2. The molecule has 1 heterocycles. The van der Waals surface area contributed by atoms with Crippen LogP contribution in [0.4, 0.5) is 4.39 Å². The van der Waals surface area contributed by atoms with Crippen LogP contribution >= 0.6 is 0 Å². The Kier molecular flexibility index (Phi) is 3.34. The fourth-order valence-corrected chi connectivity index (χ4v) is 2.18. The molecular formula is C12H16FNO. The van der Waals surface area contributed by atoms with Gasteiger partial charge in [-0.3, -0.25) is 0 Å². The van der Waals surface area contributed by atoms with Crippen molar-refractivity contribution in [3.63, 3.8) is 0 Å². The van der Waals surface area contributed by atoms with Crippen molar-refractivity contribution in [2.75, 3.05) is 19.8 Å². The Morgan fingerprint density at radius 2 is 2.20 bits per heavy atom. The minimum absolute atomic E-state index is 0.116. The maximum atomic E-state index is 13.6. The highest BCUT2D eigenvalue weighted by Gasteiger charge is 2.27. The van der Waals surface area contributed by atoms with Gasteiger partial charge in [0, 0.05) is 12.5 Å². The summed E-state index contributed by atoms with van der Waals surface area (Å²) in [5.41, 5.74) is 6.45. The van der Waals surface area contributed by atoms with E-state index in [0.29, 0.717) is 19.1 Å². The van der Waals surface area contributed by atoms with E-state index >= 15 is 0 Å². The van der Waals surface area contributed by atoms with Crippen LogP contribution in [0.3, 0.4) is 0 Å². The maximum Gasteiger partial charge on any atom is 0.126 e. The van der Waals surface area contributed by atoms with Crippen LogP contribution in [0.2, 0.25) is 0 Å². The predicted molar refractivity (Wildman–Crippen MR) is 57.1 cm³/mol. The minimum Gasteiger partial charge on any atom is -0.381 e. The van der Waals surface area contributed by atoms with Crippen molar-refractivity contribution in [2.24, 2.45) is 11.7 Å². The molecule has 0 amide bonds. The Bertz CT molecular complexity index is 329. The van der Waals surface area contributed by atoms with Gasteiger partial charge >= 0.3 is 0 Å². The van der Waals surface area contributed by atoms with E-state index in [1.165, 1.54) is 6.07 Å². The molecule has 0 aromatic heterocycles. The fraction of sp³-hybridized carbons (Fsp3) is 0.500. The molecule has 0 spiro atoms. The van der Waals surface area contributed by atoms with Gasteiger partial charge in [0.25, 0.3) is 0 Å². The number of rotatable bonds is 2. The molecule has 82 valence electrons. The monoisotopic (exact) mass is 209 g/mol. The molecule has 1 aromatic rings. The summed E-state index contributed by atoms with van der Waals surface area (Å²) in [5, 5.41) is 0. The molecule has 2 nitrogen and oxygen atoms in total. The maximum absolute atomic E-state index is 13.6. The van der Waals surface area contributed by atoms with Crippen LogP contribution in [-0.2, 0) is 4.74 Å². The van der Waals surface area contributed by atoms with E-state index < -0.39 is 0 Å². The largest absolute Gasteiger partial charge is 0.381 e. The summed E-state index contributed by atoms with van der Waals surface area (Å²) in [4.78, 5) is 0. The first-order chi connectivity index (χ1) is 7.33. The predicted octanol–water partition coefficient (Wildman–Crippen LogP) is 1.90. The first kappa shape index (κ1) is 10.6. The van der Waals surface area contributed by atoms with Crippen molar-refractivity contribution < 1.29 is 9.13 Å². The van der Waals surface area contributed by atoms with Crippen LogP contribution in [-0.4, -0.2) is 19.8 Å². The molecule has 1 saturated heterocycles. The Balaban J connectivity index is 2.24. The number of nitrogens with two attached hydrogens (primary N) is 1. The highest BCUT2D eigenvalue weighted by Crippen LogP contribution is 2.31. The lowest BCUT2D eigenvalue weighted by molar-refractivity contribution is 0.0483. The normalized spacial score (nSPS) is 26.5. The SMILES string of the molecule is NCC1CCOCC1c1ccccc1F. The van der Waals surface area contributed by atoms with Crippen molar-refractivity contribution in [3.05, 3.63) is 35.6 Å². The summed E-state index contributed by atoms with van der Waals surface area (Å²) in [6.45, 7) is 1.93. The Morgan fingerprint density at radius 1 is 1.40 bits per heavy atom. The van der Waals surface area contributed by atoms with E-state index in [-0.39, 0.29) is 11.7 Å². The number of halogens is 1. The third-order valence-corrected chi connectivity index (χ3v) is 3.11. The zero-order valence-corrected chi connectivity index (χ0v) is 8.66. The fourth-order valence-electron chi connectivity index (χ4n) is 2.18. The van der Waals surface area contributed by atoms with Gasteiger partial charge in [-0.15, -0.1) is 0 Å². The van der Waals surface area contributed by atoms with Gasteiger partial charge in [0.05, 0.1) is 6.61 Å². The average Bonchev–Trinajstić information content (AvgIpc) is 2.30. The molecule has 0 aliphatic carbocycles. The van der Waals surface area contributed by atoms with E-state index in [1.807, 2.05) is 12.1 Å². The molecule has 1 aromatic carbocycles. The third kappa shape index (κ3) is 2.19. The van der Waals surface area contributed by atoms with E-state index in [2.05, 4.69) is 0 Å². The van der Waals surface area contributed by atoms with Crippen LogP contribution in [0.5, 0.6) is 0 Å². The second-order valence-electron chi connectivity index (χ2n) is 3.99. The quantitative estimate of drug-likeness (QED) is 0.807. The van der Waals surface area contributed by atoms with Crippen molar-refractivity contribution in [1.29, 1.82) is 0 Å². The van der Waals surface area contributed by atoms with Crippen LogP contribution in [0.25, 0.3) is 0 Å². The molecule has 0 bridgehead atoms. The molecular weight excluding hydrogens is 193 g/mol. The third-order valence-electron chi connectivity index (χ3n) is 3.11. The highest BCUT2D eigenvalue weighted by molar-refractivity contribution is 5.23. The topological polar surface area (TPSA) is 35.2 Å². The first-order valence-corrected chi connectivity index (χ1v) is 5.35. The molecule has 15 heavy (non-hydrogen) atoms. The first-order valence-electron chi connectivity index (χ1n) is 5.35. The summed E-state index contributed by atoms with van der Waals surface area (Å²) >= 11 is 0. The van der Waals surface area contributed by atoms with Crippen LogP contribution in [0, 0.1) is 11.7 Å². The summed E-state index contributed by atoms with van der Waals surface area (Å²) in [7, 11) is 0. The van der Waals surface area contributed by atoms with Crippen molar-refractivity contribution >= 4 is 0 Å². The summed E-state index contributed by atoms with van der Waals surface area (Å²) in [6.07, 6.45) is 0.926. The summed E-state index contributed by atoms with van der Waals surface area (Å²) in [5.74, 6) is 0.312. The van der Waals surface area contributed by atoms with Gasteiger partial charge in [-0.1, -0.05) is 18.2 Å². The van der Waals surface area contributed by atoms with Crippen LogP contribution in [0.1, 0.15) is 17.9 Å². The summed E-state index contributed by atoms with van der Waals surface area (Å²) < 4.78 is 19.0. The zero-order chi connectivity index (χ0) is 10.7. The highest BCUT2D eigenvalue weighted by atomic mass is 19.1. The number of hydrogen-bond donors (Lipinski definition) is 1. The number of ether oxygens (including phenoxy) is 1. The molecule has 3 heteroatoms. The van der Waals surface area contributed by atoms with Gasteiger partial charge in [-0.05, 0) is 30.5 Å². The molecule has 1 aliphatic heterocycles. The Morgan fingerprint density at radius 3 is 2.93 bits per heavy atom.